The zero-order chi connectivity index (χ0) is 19.0. The van der Waals surface area contributed by atoms with Crippen LogP contribution in [-0.4, -0.2) is 33.7 Å². The van der Waals surface area contributed by atoms with E-state index in [1.807, 2.05) is 13.8 Å². The molecule has 0 aliphatic heterocycles. The van der Waals surface area contributed by atoms with Crippen molar-refractivity contribution in [3.05, 3.63) is 0 Å². The number of aliphatic carboxylic acids is 2. The molecule has 2 fully saturated rings. The predicted octanol–water partition coefficient (Wildman–Crippen LogP) is 3.48. The quantitative estimate of drug-likeness (QED) is 0.733. The minimum absolute atomic E-state index is 0.00633. The fourth-order valence-corrected chi connectivity index (χ4v) is 5.89. The van der Waals surface area contributed by atoms with Crippen molar-refractivity contribution in [3.63, 3.8) is 0 Å². The van der Waals surface area contributed by atoms with Gasteiger partial charge in [0, 0.05) is 19.3 Å². The molecule has 5 atom stereocenters. The van der Waals surface area contributed by atoms with E-state index >= 15 is 0 Å². The summed E-state index contributed by atoms with van der Waals surface area (Å²) in [6, 6.07) is 0. The highest BCUT2D eigenvalue weighted by Gasteiger charge is 2.62. The van der Waals surface area contributed by atoms with E-state index in [1.165, 1.54) is 6.92 Å². The summed E-state index contributed by atoms with van der Waals surface area (Å²) < 4.78 is 5.69. The highest BCUT2D eigenvalue weighted by molar-refractivity contribution is 5.75. The number of carboxylic acids is 2. The van der Waals surface area contributed by atoms with Crippen molar-refractivity contribution in [2.24, 2.45) is 22.7 Å². The Bertz CT molecular complexity index is 572. The number of carboxylic acid groups (broad SMARTS) is 2. The number of ether oxygens (including phenoxy) is 1. The van der Waals surface area contributed by atoms with E-state index in [0.29, 0.717) is 25.7 Å². The standard InChI is InChI=1S/C19H30O6/c1-12(20)25-19(4)11-8-13-17(2,14(19)6-7-15(21)22)9-5-10-18(13,3)16(23)24/h13-14H,5-11H2,1-4H3,(H,21,22)(H,23,24)/t13-,14-,17+,18-,19-/m1/s1. The molecular weight excluding hydrogens is 324 g/mol. The molecule has 2 rings (SSSR count). The molecule has 0 bridgehead atoms. The molecule has 0 spiro atoms. The van der Waals surface area contributed by atoms with Crippen LogP contribution in [0.2, 0.25) is 0 Å². The summed E-state index contributed by atoms with van der Waals surface area (Å²) in [6.45, 7) is 7.15. The van der Waals surface area contributed by atoms with Gasteiger partial charge >= 0.3 is 17.9 Å². The van der Waals surface area contributed by atoms with Crippen molar-refractivity contribution < 1.29 is 29.3 Å². The molecule has 0 heterocycles. The largest absolute Gasteiger partial charge is 0.481 e. The second-order valence-corrected chi connectivity index (χ2v) is 8.56. The Morgan fingerprint density at radius 1 is 1.08 bits per heavy atom. The van der Waals surface area contributed by atoms with Crippen LogP contribution in [0.5, 0.6) is 0 Å². The number of esters is 1. The zero-order valence-electron chi connectivity index (χ0n) is 15.6. The van der Waals surface area contributed by atoms with Crippen LogP contribution in [0.3, 0.4) is 0 Å². The minimum atomic E-state index is -0.882. The lowest BCUT2D eigenvalue weighted by molar-refractivity contribution is -0.207. The first-order valence-corrected chi connectivity index (χ1v) is 9.10. The van der Waals surface area contributed by atoms with Gasteiger partial charge in [0.2, 0.25) is 0 Å². The van der Waals surface area contributed by atoms with Crippen LogP contribution in [0.1, 0.15) is 72.6 Å². The number of fused-ring (bicyclic) bond motifs is 1. The molecule has 0 radical (unpaired) electrons. The Kier molecular flexibility index (Phi) is 5.22. The van der Waals surface area contributed by atoms with Crippen molar-refractivity contribution in [2.45, 2.75) is 78.2 Å². The molecule has 2 aliphatic rings. The normalized spacial score (nSPS) is 40.8. The molecule has 0 saturated heterocycles. The van der Waals surface area contributed by atoms with Gasteiger partial charge in [-0.25, -0.2) is 0 Å². The van der Waals surface area contributed by atoms with Gasteiger partial charge in [0.15, 0.2) is 0 Å². The Morgan fingerprint density at radius 3 is 2.24 bits per heavy atom. The SMILES string of the molecule is CC(=O)O[C@]1(C)CC[C@@H]2[C@](C)(CCC[C@@]2(C)C(=O)O)[C@H]1CCC(=O)O. The van der Waals surface area contributed by atoms with Gasteiger partial charge in [0.25, 0.3) is 0 Å². The van der Waals surface area contributed by atoms with Crippen molar-refractivity contribution >= 4 is 17.9 Å². The fourth-order valence-electron chi connectivity index (χ4n) is 5.89. The van der Waals surface area contributed by atoms with Gasteiger partial charge in [-0.05, 0) is 57.3 Å². The first kappa shape index (κ1) is 19.7. The van der Waals surface area contributed by atoms with Gasteiger partial charge in [0.1, 0.15) is 5.60 Å². The third kappa shape index (κ3) is 3.40. The summed E-state index contributed by atoms with van der Waals surface area (Å²) in [5, 5.41) is 19.0. The smallest absolute Gasteiger partial charge is 0.309 e. The molecule has 2 saturated carbocycles. The second-order valence-electron chi connectivity index (χ2n) is 8.56. The molecule has 2 aliphatic carbocycles. The molecule has 2 N–H and O–H groups in total. The van der Waals surface area contributed by atoms with Gasteiger partial charge in [-0.2, -0.15) is 0 Å². The van der Waals surface area contributed by atoms with E-state index in [1.54, 1.807) is 0 Å². The van der Waals surface area contributed by atoms with Gasteiger partial charge in [-0.15, -0.1) is 0 Å². The van der Waals surface area contributed by atoms with Crippen LogP contribution in [-0.2, 0) is 19.1 Å². The monoisotopic (exact) mass is 354 g/mol. The lowest BCUT2D eigenvalue weighted by atomic mass is 9.44. The topological polar surface area (TPSA) is 101 Å². The molecule has 0 aromatic rings. The predicted molar refractivity (Wildman–Crippen MR) is 91.0 cm³/mol. The Labute approximate surface area is 148 Å². The van der Waals surface area contributed by atoms with E-state index in [9.17, 15) is 19.5 Å². The molecule has 25 heavy (non-hydrogen) atoms. The molecule has 6 nitrogen and oxygen atoms in total. The Morgan fingerprint density at radius 2 is 1.72 bits per heavy atom. The van der Waals surface area contributed by atoms with Crippen LogP contribution in [0.25, 0.3) is 0 Å². The summed E-state index contributed by atoms with van der Waals surface area (Å²) in [5.74, 6) is -2.25. The van der Waals surface area contributed by atoms with E-state index in [2.05, 4.69) is 6.92 Å². The van der Waals surface area contributed by atoms with Crippen LogP contribution >= 0.6 is 0 Å². The minimum Gasteiger partial charge on any atom is -0.481 e. The van der Waals surface area contributed by atoms with Gasteiger partial charge < -0.3 is 14.9 Å². The van der Waals surface area contributed by atoms with Gasteiger partial charge in [-0.1, -0.05) is 13.3 Å². The molecule has 0 aromatic heterocycles. The van der Waals surface area contributed by atoms with Crippen molar-refractivity contribution in [1.82, 2.24) is 0 Å². The van der Waals surface area contributed by atoms with Crippen LogP contribution in [0.15, 0.2) is 0 Å². The summed E-state index contributed by atoms with van der Waals surface area (Å²) in [5.41, 5.74) is -1.92. The van der Waals surface area contributed by atoms with Crippen molar-refractivity contribution in [1.29, 1.82) is 0 Å². The lowest BCUT2D eigenvalue weighted by Gasteiger charge is -2.61. The Hall–Kier alpha value is -1.59. The maximum absolute atomic E-state index is 12.0. The van der Waals surface area contributed by atoms with Gasteiger partial charge in [-0.3, -0.25) is 14.4 Å². The molecule has 0 aromatic carbocycles. The average molecular weight is 354 g/mol. The molecule has 6 heteroatoms. The number of carbonyl (C=O) groups excluding carboxylic acids is 1. The van der Waals surface area contributed by atoms with E-state index in [-0.39, 0.29) is 29.6 Å². The van der Waals surface area contributed by atoms with E-state index < -0.39 is 23.0 Å². The third-order valence-electron chi connectivity index (χ3n) is 6.95. The summed E-state index contributed by atoms with van der Waals surface area (Å²) >= 11 is 0. The molecular formula is C19H30O6. The fraction of sp³-hybridized carbons (Fsp3) is 0.842. The maximum atomic E-state index is 12.0. The highest BCUT2D eigenvalue weighted by Crippen LogP contribution is 2.63. The first-order valence-electron chi connectivity index (χ1n) is 9.10. The zero-order valence-corrected chi connectivity index (χ0v) is 15.6. The first-order chi connectivity index (χ1) is 11.5. The summed E-state index contributed by atoms with van der Waals surface area (Å²) in [6.07, 6.45) is 3.89. The summed E-state index contributed by atoms with van der Waals surface area (Å²) in [7, 11) is 0. The average Bonchev–Trinajstić information content (AvgIpc) is 2.44. The number of carbonyl (C=O) groups is 3. The number of rotatable bonds is 5. The van der Waals surface area contributed by atoms with Crippen molar-refractivity contribution in [3.8, 4) is 0 Å². The van der Waals surface area contributed by atoms with E-state index in [0.717, 1.165) is 12.8 Å². The van der Waals surface area contributed by atoms with Crippen LogP contribution < -0.4 is 0 Å². The Balaban J connectivity index is 2.45. The lowest BCUT2D eigenvalue weighted by Crippen LogP contribution is -2.60. The molecule has 0 amide bonds. The molecule has 0 unspecified atom stereocenters. The highest BCUT2D eigenvalue weighted by atomic mass is 16.6. The second kappa shape index (κ2) is 6.61. The summed E-state index contributed by atoms with van der Waals surface area (Å²) in [4.78, 5) is 34.8. The number of hydrogen-bond donors (Lipinski definition) is 2. The van der Waals surface area contributed by atoms with Gasteiger partial charge in [0.05, 0.1) is 5.41 Å². The van der Waals surface area contributed by atoms with Crippen LogP contribution in [0.4, 0.5) is 0 Å². The van der Waals surface area contributed by atoms with Crippen LogP contribution in [0, 0.1) is 22.7 Å². The number of hydrogen-bond acceptors (Lipinski definition) is 4. The van der Waals surface area contributed by atoms with Crippen molar-refractivity contribution in [2.75, 3.05) is 0 Å². The third-order valence-corrected chi connectivity index (χ3v) is 6.95. The maximum Gasteiger partial charge on any atom is 0.309 e. The van der Waals surface area contributed by atoms with E-state index in [4.69, 9.17) is 9.84 Å². The molecule has 142 valence electrons.